The van der Waals surface area contributed by atoms with E-state index in [2.05, 4.69) is 41.2 Å². The topological polar surface area (TPSA) is 180 Å². The predicted octanol–water partition coefficient (Wildman–Crippen LogP) is 16.2. The van der Waals surface area contributed by atoms with Crippen LogP contribution < -0.4 is 21.3 Å². The highest BCUT2D eigenvalue weighted by atomic mass is 35.5. The van der Waals surface area contributed by atoms with Crippen molar-refractivity contribution >= 4 is 90.4 Å². The molecule has 4 amide bonds. The summed E-state index contributed by atoms with van der Waals surface area (Å²) >= 11 is 11.9. The predicted molar refractivity (Wildman–Crippen MR) is 332 cm³/mol. The zero-order valence-corrected chi connectivity index (χ0v) is 47.8. The highest BCUT2D eigenvalue weighted by Gasteiger charge is 2.18. The lowest BCUT2D eigenvalue weighted by Crippen LogP contribution is -2.26. The Kier molecular flexibility index (Phi) is 19.2. The molecule has 0 saturated carbocycles. The average Bonchev–Trinajstić information content (AvgIpc) is 4.55. The third-order valence-electron chi connectivity index (χ3n) is 13.9. The number of carbonyl (C=O) groups excluding carboxylic acids is 4. The first-order valence-corrected chi connectivity index (χ1v) is 27.9. The molecule has 8 N–H and O–H groups in total. The molecule has 4 heterocycles. The second kappa shape index (κ2) is 27.3. The van der Waals surface area contributed by atoms with Gasteiger partial charge < -0.3 is 41.2 Å². The van der Waals surface area contributed by atoms with Crippen molar-refractivity contribution in [2.45, 2.75) is 51.9 Å². The van der Waals surface area contributed by atoms with Crippen LogP contribution in [0.2, 0.25) is 10.0 Å². The van der Waals surface area contributed by atoms with Gasteiger partial charge >= 0.3 is 0 Å². The Morgan fingerprint density at radius 2 is 0.548 bits per heavy atom. The van der Waals surface area contributed by atoms with Crippen LogP contribution in [0.3, 0.4) is 0 Å². The van der Waals surface area contributed by atoms with E-state index in [0.717, 1.165) is 55.1 Å². The molecule has 424 valence electrons. The maximum Gasteiger partial charge on any atom is 0.268 e. The van der Waals surface area contributed by atoms with Gasteiger partial charge in [-0.05, 0) is 147 Å². The van der Waals surface area contributed by atoms with Crippen LogP contribution in [0.25, 0.3) is 43.6 Å². The summed E-state index contributed by atoms with van der Waals surface area (Å²) in [5.41, 5.74) is 9.44. The quantitative estimate of drug-likeness (QED) is 0.0607. The minimum absolute atomic E-state index is 0.0475. The minimum Gasteiger partial charge on any atom is -0.351 e. The number of benzene rings is 8. The van der Waals surface area contributed by atoms with Crippen LogP contribution in [0.5, 0.6) is 0 Å². The maximum atomic E-state index is 13.2. The third-order valence-corrected chi connectivity index (χ3v) is 14.4. The molecule has 16 heteroatoms. The summed E-state index contributed by atoms with van der Waals surface area (Å²) in [6.07, 6.45) is 0. The van der Waals surface area contributed by atoms with Gasteiger partial charge in [0.2, 0.25) is 0 Å². The Morgan fingerprint density at radius 3 is 0.798 bits per heavy atom. The SMILES string of the molecule is C[C@@H](NC(=O)c1cc2cc(Cl)ccc2[nH]1)c1ccccc1.C[C@@H](NC(=O)c1cc2cc(F)ccc2[nH]1)c1ccccc1.C[C@H](NC(=O)c1cc2cc(Cl)ccc2[nH]1)c1ccccc1.C[C@H](NC(=O)c1cc2cc(F)ccc2[nH]1)c1ccccc1. The Bertz CT molecular complexity index is 3670. The zero-order chi connectivity index (χ0) is 59.3. The monoisotopic (exact) mass is 1160 g/mol. The van der Waals surface area contributed by atoms with Gasteiger partial charge in [-0.15, -0.1) is 0 Å². The van der Waals surface area contributed by atoms with Crippen molar-refractivity contribution in [3.63, 3.8) is 0 Å². The van der Waals surface area contributed by atoms with E-state index < -0.39 is 0 Å². The van der Waals surface area contributed by atoms with Gasteiger partial charge in [-0.3, -0.25) is 19.2 Å². The van der Waals surface area contributed by atoms with Gasteiger partial charge in [0, 0.05) is 53.7 Å². The molecule has 0 aliphatic rings. The highest BCUT2D eigenvalue weighted by molar-refractivity contribution is 6.31. The zero-order valence-electron chi connectivity index (χ0n) is 46.2. The van der Waals surface area contributed by atoms with Crippen LogP contribution in [0, 0.1) is 11.6 Å². The van der Waals surface area contributed by atoms with Crippen molar-refractivity contribution in [1.82, 2.24) is 41.2 Å². The molecule has 0 aliphatic carbocycles. The molecule has 4 atom stereocenters. The first-order chi connectivity index (χ1) is 40.5. The van der Waals surface area contributed by atoms with Gasteiger partial charge in [0.15, 0.2) is 0 Å². The molecule has 12 aromatic rings. The maximum absolute atomic E-state index is 13.2. The highest BCUT2D eigenvalue weighted by Crippen LogP contribution is 2.24. The number of carbonyl (C=O) groups is 4. The minimum atomic E-state index is -0.314. The van der Waals surface area contributed by atoms with E-state index in [4.69, 9.17) is 23.2 Å². The number of rotatable bonds is 12. The molecular formula is C68H60Cl2F2N8O4. The summed E-state index contributed by atoms with van der Waals surface area (Å²) in [5, 5.41) is 16.4. The van der Waals surface area contributed by atoms with Crippen molar-refractivity contribution in [3.8, 4) is 0 Å². The third kappa shape index (κ3) is 15.4. The fourth-order valence-electron chi connectivity index (χ4n) is 9.30. The molecule has 84 heavy (non-hydrogen) atoms. The number of hydrogen-bond donors (Lipinski definition) is 8. The van der Waals surface area contributed by atoms with E-state index in [0.29, 0.717) is 43.6 Å². The molecule has 8 aromatic carbocycles. The second-order valence-corrected chi connectivity index (χ2v) is 21.0. The fourth-order valence-corrected chi connectivity index (χ4v) is 9.66. The smallest absolute Gasteiger partial charge is 0.268 e. The van der Waals surface area contributed by atoms with Gasteiger partial charge in [0.1, 0.15) is 34.4 Å². The molecule has 0 bridgehead atoms. The first-order valence-electron chi connectivity index (χ1n) is 27.1. The summed E-state index contributed by atoms with van der Waals surface area (Å²) in [4.78, 5) is 61.3. The van der Waals surface area contributed by atoms with Crippen LogP contribution in [0.1, 0.15) is 116 Å². The molecule has 0 saturated heterocycles. The van der Waals surface area contributed by atoms with E-state index >= 15 is 0 Å². The lowest BCUT2D eigenvalue weighted by molar-refractivity contribution is 0.0927. The second-order valence-electron chi connectivity index (χ2n) is 20.1. The Labute approximate surface area is 494 Å². The molecule has 4 aromatic heterocycles. The molecular weight excluding hydrogens is 1100 g/mol. The lowest BCUT2D eigenvalue weighted by atomic mass is 10.1. The lowest BCUT2D eigenvalue weighted by Gasteiger charge is -2.13. The molecule has 0 radical (unpaired) electrons. The van der Waals surface area contributed by atoms with Crippen LogP contribution in [0.15, 0.2) is 218 Å². The van der Waals surface area contributed by atoms with E-state index in [1.807, 2.05) is 185 Å². The summed E-state index contributed by atoms with van der Waals surface area (Å²) in [6.45, 7) is 7.78. The Morgan fingerprint density at radius 1 is 0.321 bits per heavy atom. The van der Waals surface area contributed by atoms with E-state index in [1.54, 1.807) is 36.4 Å². The van der Waals surface area contributed by atoms with Gasteiger partial charge in [-0.2, -0.15) is 0 Å². The van der Waals surface area contributed by atoms with Crippen molar-refractivity contribution in [2.75, 3.05) is 0 Å². The molecule has 0 fully saturated rings. The van der Waals surface area contributed by atoms with Gasteiger partial charge in [0.05, 0.1) is 24.2 Å². The van der Waals surface area contributed by atoms with Crippen molar-refractivity contribution < 1.29 is 28.0 Å². The van der Waals surface area contributed by atoms with Crippen molar-refractivity contribution in [1.29, 1.82) is 0 Å². The first kappa shape index (κ1) is 58.9. The Hall–Kier alpha value is -9.76. The van der Waals surface area contributed by atoms with Gasteiger partial charge in [-0.1, -0.05) is 145 Å². The normalized spacial score (nSPS) is 12.3. The number of hydrogen-bond acceptors (Lipinski definition) is 4. The molecule has 0 spiro atoms. The largest absolute Gasteiger partial charge is 0.351 e. The van der Waals surface area contributed by atoms with Crippen LogP contribution in [-0.2, 0) is 0 Å². The van der Waals surface area contributed by atoms with E-state index in [-0.39, 0.29) is 59.4 Å². The van der Waals surface area contributed by atoms with Gasteiger partial charge in [-0.25, -0.2) is 8.78 Å². The summed E-state index contributed by atoms with van der Waals surface area (Å²) < 4.78 is 26.3. The molecule has 12 rings (SSSR count). The number of fused-ring (bicyclic) bond motifs is 4. The molecule has 0 aliphatic heterocycles. The number of aromatic amines is 4. The average molecular weight is 1160 g/mol. The summed E-state index contributed by atoms with van der Waals surface area (Å²) in [6, 6.07) is 65.7. The van der Waals surface area contributed by atoms with Crippen LogP contribution >= 0.6 is 23.2 Å². The van der Waals surface area contributed by atoms with Gasteiger partial charge in [0.25, 0.3) is 23.6 Å². The van der Waals surface area contributed by atoms with E-state index in [9.17, 15) is 28.0 Å². The van der Waals surface area contributed by atoms with Crippen LogP contribution in [-0.4, -0.2) is 43.6 Å². The van der Waals surface area contributed by atoms with Crippen LogP contribution in [0.4, 0.5) is 8.78 Å². The summed E-state index contributed by atoms with van der Waals surface area (Å²) in [5.74, 6) is -1.29. The molecule has 12 nitrogen and oxygen atoms in total. The van der Waals surface area contributed by atoms with Crippen molar-refractivity contribution in [2.24, 2.45) is 0 Å². The number of nitrogens with one attached hydrogen (secondary N) is 8. The van der Waals surface area contributed by atoms with Crippen molar-refractivity contribution in [3.05, 3.63) is 285 Å². The molecule has 0 unspecified atom stereocenters. The number of amides is 4. The standard InChI is InChI=1S/2C17H15ClN2O.2C17H15FN2O/c4*1-11(12-5-3-2-4-6-12)19-17(21)16-10-13-9-14(18)7-8-15(13)20-16/h4*2-11,20H,1H3,(H,19,21)/t4*11-/m1010/s1. The number of halogens is 4. The van der Waals surface area contributed by atoms with E-state index in [1.165, 1.54) is 24.3 Å². The summed E-state index contributed by atoms with van der Waals surface area (Å²) in [7, 11) is 0. The number of H-pyrrole nitrogens is 4. The Balaban J connectivity index is 0.000000134. The number of aromatic nitrogens is 4. The fraction of sp³-hybridized carbons (Fsp3) is 0.118.